The van der Waals surface area contributed by atoms with E-state index >= 15 is 0 Å². The van der Waals surface area contributed by atoms with E-state index in [1.54, 1.807) is 6.92 Å². The van der Waals surface area contributed by atoms with Crippen molar-refractivity contribution in [2.24, 2.45) is 17.3 Å². The zero-order chi connectivity index (χ0) is 18.6. The van der Waals surface area contributed by atoms with Gasteiger partial charge in [0.25, 0.3) is 0 Å². The lowest BCUT2D eigenvalue weighted by Crippen LogP contribution is -2.65. The number of nitrogens with one attached hydrogen (secondary N) is 2. The summed E-state index contributed by atoms with van der Waals surface area (Å²) in [5.41, 5.74) is 2.27. The summed E-state index contributed by atoms with van der Waals surface area (Å²) < 4.78 is 0. The predicted octanol–water partition coefficient (Wildman–Crippen LogP) is 3.66. The molecule has 1 aromatic rings. The number of benzene rings is 1. The Labute approximate surface area is 161 Å². The van der Waals surface area contributed by atoms with Gasteiger partial charge in [0.1, 0.15) is 0 Å². The summed E-state index contributed by atoms with van der Waals surface area (Å²) >= 11 is 0. The third-order valence-electron chi connectivity index (χ3n) is 7.66. The standard InChI is InChI=1S/C23H30N2O2/c1-15(26)25-23-12-16-9-17(13-23)11-22(10-16,14-23)21(27)24-20-8-4-6-18-5-2-3-7-19(18)20/h2-3,5,7,16-17,20H,4,6,8-14H2,1H3,(H,24,27)(H,25,26). The minimum Gasteiger partial charge on any atom is -0.351 e. The molecule has 4 nitrogen and oxygen atoms in total. The van der Waals surface area contributed by atoms with Crippen LogP contribution in [0.4, 0.5) is 0 Å². The normalized spacial score (nSPS) is 38.9. The van der Waals surface area contributed by atoms with Gasteiger partial charge in [-0.25, -0.2) is 0 Å². The van der Waals surface area contributed by atoms with Crippen LogP contribution in [0.3, 0.4) is 0 Å². The summed E-state index contributed by atoms with van der Waals surface area (Å²) in [6, 6.07) is 8.70. The number of carbonyl (C=O) groups is 2. The number of hydrogen-bond acceptors (Lipinski definition) is 2. The summed E-state index contributed by atoms with van der Waals surface area (Å²) in [6.07, 6.45) is 9.47. The molecular formula is C23H30N2O2. The van der Waals surface area contributed by atoms with Crippen molar-refractivity contribution >= 4 is 11.8 Å². The minimum atomic E-state index is -0.279. The van der Waals surface area contributed by atoms with Crippen molar-refractivity contribution in [2.75, 3.05) is 0 Å². The number of amides is 2. The van der Waals surface area contributed by atoms with E-state index in [4.69, 9.17) is 0 Å². The van der Waals surface area contributed by atoms with Gasteiger partial charge in [-0.3, -0.25) is 9.59 Å². The fraction of sp³-hybridized carbons (Fsp3) is 0.652. The van der Waals surface area contributed by atoms with Crippen LogP contribution in [-0.4, -0.2) is 17.4 Å². The Balaban J connectivity index is 1.40. The maximum atomic E-state index is 13.6. The monoisotopic (exact) mass is 366 g/mol. The summed E-state index contributed by atoms with van der Waals surface area (Å²) in [5, 5.41) is 6.72. The van der Waals surface area contributed by atoms with Gasteiger partial charge in [0, 0.05) is 12.5 Å². The average molecular weight is 367 g/mol. The summed E-state index contributed by atoms with van der Waals surface area (Å²) in [7, 11) is 0. The fourth-order valence-electron chi connectivity index (χ4n) is 7.26. The van der Waals surface area contributed by atoms with Gasteiger partial charge in [-0.15, -0.1) is 0 Å². The van der Waals surface area contributed by atoms with Gasteiger partial charge >= 0.3 is 0 Å². The summed E-state index contributed by atoms with van der Waals surface area (Å²) in [5.74, 6) is 1.46. The molecule has 2 amide bonds. The Kier molecular flexibility index (Phi) is 3.89. The van der Waals surface area contributed by atoms with E-state index in [1.165, 1.54) is 17.5 Å². The molecule has 4 heteroatoms. The second-order valence-electron chi connectivity index (χ2n) is 9.82. The molecule has 3 unspecified atom stereocenters. The van der Waals surface area contributed by atoms with Crippen LogP contribution in [0.25, 0.3) is 0 Å². The molecule has 0 radical (unpaired) electrons. The molecule has 0 aliphatic heterocycles. The van der Waals surface area contributed by atoms with Crippen LogP contribution < -0.4 is 10.6 Å². The minimum absolute atomic E-state index is 0.0497. The van der Waals surface area contributed by atoms with Gasteiger partial charge in [-0.1, -0.05) is 24.3 Å². The van der Waals surface area contributed by atoms with Gasteiger partial charge in [0.05, 0.1) is 11.5 Å². The maximum Gasteiger partial charge on any atom is 0.226 e. The van der Waals surface area contributed by atoms with Gasteiger partial charge in [-0.2, -0.15) is 0 Å². The topological polar surface area (TPSA) is 58.2 Å². The zero-order valence-corrected chi connectivity index (χ0v) is 16.2. The largest absolute Gasteiger partial charge is 0.351 e. The van der Waals surface area contributed by atoms with E-state index in [0.717, 1.165) is 51.4 Å². The van der Waals surface area contributed by atoms with E-state index in [1.807, 2.05) is 0 Å². The average Bonchev–Trinajstić information content (AvgIpc) is 2.59. The second-order valence-corrected chi connectivity index (χ2v) is 9.82. The molecule has 3 atom stereocenters. The molecule has 27 heavy (non-hydrogen) atoms. The first-order valence-electron chi connectivity index (χ1n) is 10.6. The lowest BCUT2D eigenvalue weighted by atomic mass is 9.46. The van der Waals surface area contributed by atoms with Crippen LogP contribution in [-0.2, 0) is 16.0 Å². The molecule has 4 bridgehead atoms. The molecule has 5 aliphatic rings. The highest BCUT2D eigenvalue weighted by molar-refractivity contribution is 5.84. The van der Waals surface area contributed by atoms with Crippen molar-refractivity contribution in [1.82, 2.24) is 10.6 Å². The van der Waals surface area contributed by atoms with E-state index in [0.29, 0.717) is 11.8 Å². The van der Waals surface area contributed by atoms with Gasteiger partial charge < -0.3 is 10.6 Å². The van der Waals surface area contributed by atoms with Crippen molar-refractivity contribution in [3.05, 3.63) is 35.4 Å². The lowest BCUT2D eigenvalue weighted by Gasteiger charge is -2.61. The number of carbonyl (C=O) groups excluding carboxylic acids is 2. The van der Waals surface area contributed by atoms with E-state index in [9.17, 15) is 9.59 Å². The fourth-order valence-corrected chi connectivity index (χ4v) is 7.26. The first-order valence-corrected chi connectivity index (χ1v) is 10.6. The zero-order valence-electron chi connectivity index (χ0n) is 16.2. The van der Waals surface area contributed by atoms with Gasteiger partial charge in [0.2, 0.25) is 11.8 Å². The smallest absolute Gasteiger partial charge is 0.226 e. The predicted molar refractivity (Wildman–Crippen MR) is 104 cm³/mol. The molecule has 0 heterocycles. The number of fused-ring (bicyclic) bond motifs is 1. The third kappa shape index (κ3) is 2.88. The molecule has 1 aromatic carbocycles. The highest BCUT2D eigenvalue weighted by atomic mass is 16.2. The molecule has 6 rings (SSSR count). The molecule has 144 valence electrons. The molecular weight excluding hydrogens is 336 g/mol. The van der Waals surface area contributed by atoms with Crippen LogP contribution in [0.1, 0.15) is 75.5 Å². The molecule has 0 spiro atoms. The van der Waals surface area contributed by atoms with Crippen molar-refractivity contribution < 1.29 is 9.59 Å². The SMILES string of the molecule is CC(=O)NC12CC3CC(C1)CC(C(=O)NC1CCCc4ccccc41)(C3)C2. The van der Waals surface area contributed by atoms with Gasteiger partial charge in [0.15, 0.2) is 0 Å². The number of aryl methyl sites for hydroxylation is 1. The Morgan fingerprint density at radius 3 is 2.56 bits per heavy atom. The first kappa shape index (κ1) is 17.3. The number of rotatable bonds is 3. The van der Waals surface area contributed by atoms with Crippen LogP contribution in [0.5, 0.6) is 0 Å². The summed E-state index contributed by atoms with van der Waals surface area (Å²) in [4.78, 5) is 25.4. The summed E-state index contributed by atoms with van der Waals surface area (Å²) in [6.45, 7) is 1.62. The quantitative estimate of drug-likeness (QED) is 0.858. The highest BCUT2D eigenvalue weighted by Crippen LogP contribution is 2.61. The van der Waals surface area contributed by atoms with Crippen LogP contribution in [0.2, 0.25) is 0 Å². The Hall–Kier alpha value is -1.84. The third-order valence-corrected chi connectivity index (χ3v) is 7.66. The van der Waals surface area contributed by atoms with Crippen molar-refractivity contribution in [1.29, 1.82) is 0 Å². The molecule has 0 saturated heterocycles. The van der Waals surface area contributed by atoms with Gasteiger partial charge in [-0.05, 0) is 80.8 Å². The Bertz CT molecular complexity index is 772. The highest BCUT2D eigenvalue weighted by Gasteiger charge is 2.61. The molecule has 4 fully saturated rings. The van der Waals surface area contributed by atoms with Crippen LogP contribution in [0.15, 0.2) is 24.3 Å². The maximum absolute atomic E-state index is 13.6. The van der Waals surface area contributed by atoms with E-state index in [2.05, 4.69) is 34.9 Å². The molecule has 4 saturated carbocycles. The lowest BCUT2D eigenvalue weighted by molar-refractivity contribution is -0.153. The van der Waals surface area contributed by atoms with Crippen LogP contribution >= 0.6 is 0 Å². The molecule has 5 aliphatic carbocycles. The van der Waals surface area contributed by atoms with Crippen molar-refractivity contribution in [3.8, 4) is 0 Å². The Morgan fingerprint density at radius 1 is 1.07 bits per heavy atom. The molecule has 0 aromatic heterocycles. The molecule has 2 N–H and O–H groups in total. The first-order chi connectivity index (χ1) is 13.0. The van der Waals surface area contributed by atoms with Crippen LogP contribution in [0, 0.1) is 17.3 Å². The Morgan fingerprint density at radius 2 is 1.81 bits per heavy atom. The van der Waals surface area contributed by atoms with E-state index < -0.39 is 0 Å². The number of hydrogen-bond donors (Lipinski definition) is 2. The second kappa shape index (κ2) is 6.08. The van der Waals surface area contributed by atoms with E-state index in [-0.39, 0.29) is 28.8 Å². The van der Waals surface area contributed by atoms with Crippen molar-refractivity contribution in [2.45, 2.75) is 76.3 Å². The van der Waals surface area contributed by atoms with Crippen molar-refractivity contribution in [3.63, 3.8) is 0 Å².